The molecule has 2 atom stereocenters. The van der Waals surface area contributed by atoms with Crippen LogP contribution in [-0.2, 0) is 16.1 Å². The van der Waals surface area contributed by atoms with Gasteiger partial charge in [-0.05, 0) is 37.3 Å². The van der Waals surface area contributed by atoms with Crippen LogP contribution in [0.2, 0.25) is 0 Å². The van der Waals surface area contributed by atoms with Crippen molar-refractivity contribution in [2.45, 2.75) is 45.7 Å². The number of amides is 2. The van der Waals surface area contributed by atoms with Crippen molar-refractivity contribution in [3.8, 4) is 5.75 Å². The summed E-state index contributed by atoms with van der Waals surface area (Å²) in [5, 5.41) is 3.28. The molecule has 0 radical (unpaired) electrons. The highest BCUT2D eigenvalue weighted by Gasteiger charge is 2.34. The van der Waals surface area contributed by atoms with Crippen molar-refractivity contribution in [2.24, 2.45) is 17.6 Å². The standard InChI is InChI=1S/C24H37N5O4.2ClH/c1-16(2)15-29(18-12-17(22(25)30)13-26-14-18)24(31)23-27-21-19(8-7-9-20(21)33-4)28(23)10-5-6-11-32-3;;/h7-9,16-18,26H,5-6,10-15H2,1-4H3,(H2,25,30);2*1H/t17-,18+;;/m1../s1. The van der Waals surface area contributed by atoms with Crippen LogP contribution < -0.4 is 15.8 Å². The first-order valence-electron chi connectivity index (χ1n) is 11.7. The minimum Gasteiger partial charge on any atom is -0.494 e. The number of ether oxygens (including phenoxy) is 2. The molecule has 198 valence electrons. The Hall–Kier alpha value is -2.07. The van der Waals surface area contributed by atoms with Crippen LogP contribution in [0.15, 0.2) is 18.2 Å². The Balaban J connectivity index is 0.00000306. The molecule has 1 fully saturated rings. The lowest BCUT2D eigenvalue weighted by molar-refractivity contribution is -0.122. The van der Waals surface area contributed by atoms with E-state index in [0.717, 1.165) is 18.4 Å². The molecule has 0 saturated carbocycles. The van der Waals surface area contributed by atoms with Crippen molar-refractivity contribution in [3.05, 3.63) is 24.0 Å². The minimum atomic E-state index is -0.334. The number of nitrogens with one attached hydrogen (secondary N) is 1. The molecule has 1 aliphatic rings. The molecule has 0 spiro atoms. The third kappa shape index (κ3) is 7.46. The number of benzene rings is 1. The second kappa shape index (κ2) is 14.5. The van der Waals surface area contributed by atoms with Crippen molar-refractivity contribution in [2.75, 3.05) is 40.5 Å². The number of halogens is 2. The van der Waals surface area contributed by atoms with Crippen LogP contribution in [0.25, 0.3) is 11.0 Å². The largest absolute Gasteiger partial charge is 0.494 e. The highest BCUT2D eigenvalue weighted by molar-refractivity contribution is 5.96. The number of primary amides is 1. The van der Waals surface area contributed by atoms with E-state index in [2.05, 4.69) is 19.2 Å². The Bertz CT molecular complexity index is 969. The second-order valence-electron chi connectivity index (χ2n) is 9.11. The summed E-state index contributed by atoms with van der Waals surface area (Å²) in [6.07, 6.45) is 2.30. The summed E-state index contributed by atoms with van der Waals surface area (Å²) in [7, 11) is 3.30. The third-order valence-corrected chi connectivity index (χ3v) is 6.13. The number of aryl methyl sites for hydroxylation is 1. The predicted octanol–water partition coefficient (Wildman–Crippen LogP) is 2.88. The fraction of sp³-hybridized carbons (Fsp3) is 0.625. The third-order valence-electron chi connectivity index (χ3n) is 6.13. The van der Waals surface area contributed by atoms with Gasteiger partial charge in [0.05, 0.1) is 18.5 Å². The van der Waals surface area contributed by atoms with Crippen molar-refractivity contribution in [1.82, 2.24) is 19.8 Å². The van der Waals surface area contributed by atoms with Crippen molar-refractivity contribution < 1.29 is 19.1 Å². The summed E-state index contributed by atoms with van der Waals surface area (Å²) in [6.45, 7) is 7.22. The highest BCUT2D eigenvalue weighted by Crippen LogP contribution is 2.28. The molecule has 2 heterocycles. The van der Waals surface area contributed by atoms with Gasteiger partial charge in [-0.25, -0.2) is 4.98 Å². The van der Waals surface area contributed by atoms with Crippen molar-refractivity contribution in [3.63, 3.8) is 0 Å². The van der Waals surface area contributed by atoms with Gasteiger partial charge in [-0.2, -0.15) is 0 Å². The summed E-state index contributed by atoms with van der Waals surface area (Å²) < 4.78 is 12.7. The Morgan fingerprint density at radius 1 is 1.23 bits per heavy atom. The van der Waals surface area contributed by atoms with Crippen LogP contribution in [0.4, 0.5) is 0 Å². The summed E-state index contributed by atoms with van der Waals surface area (Å²) in [6, 6.07) is 5.61. The number of nitrogens with two attached hydrogens (primary N) is 1. The Morgan fingerprint density at radius 2 is 1.97 bits per heavy atom. The van der Waals surface area contributed by atoms with E-state index < -0.39 is 0 Å². The van der Waals surface area contributed by atoms with E-state index in [0.29, 0.717) is 56.3 Å². The Morgan fingerprint density at radius 3 is 2.60 bits per heavy atom. The highest BCUT2D eigenvalue weighted by atomic mass is 35.5. The predicted molar refractivity (Wildman–Crippen MR) is 142 cm³/mol. The molecule has 9 nitrogen and oxygen atoms in total. The minimum absolute atomic E-state index is 0. The topological polar surface area (TPSA) is 112 Å². The van der Waals surface area contributed by atoms with E-state index in [-0.39, 0.29) is 54.5 Å². The van der Waals surface area contributed by atoms with Gasteiger partial charge in [0.2, 0.25) is 5.91 Å². The first kappa shape index (κ1) is 31.0. The SMILES string of the molecule is COCCCCn1c(C(=O)N(CC(C)C)[C@@H]2CNC[C@H](C(N)=O)C2)nc2c(OC)cccc21.Cl.Cl. The summed E-state index contributed by atoms with van der Waals surface area (Å²) >= 11 is 0. The molecule has 1 aliphatic heterocycles. The average molecular weight is 533 g/mol. The van der Waals surface area contributed by atoms with Crippen LogP contribution >= 0.6 is 24.8 Å². The number of nitrogens with zero attached hydrogens (tertiary/aromatic N) is 3. The summed E-state index contributed by atoms with van der Waals surface area (Å²) in [5.41, 5.74) is 7.13. The molecule has 2 aromatic rings. The quantitative estimate of drug-likeness (QED) is 0.431. The van der Waals surface area contributed by atoms with Gasteiger partial charge in [0.1, 0.15) is 11.3 Å². The zero-order chi connectivity index (χ0) is 24.0. The van der Waals surface area contributed by atoms with E-state index in [1.54, 1.807) is 14.2 Å². The van der Waals surface area contributed by atoms with Crippen LogP contribution in [0.3, 0.4) is 0 Å². The maximum Gasteiger partial charge on any atom is 0.290 e. The number of rotatable bonds is 11. The van der Waals surface area contributed by atoms with Gasteiger partial charge in [-0.1, -0.05) is 19.9 Å². The Kier molecular flexibility index (Phi) is 12.8. The van der Waals surface area contributed by atoms with E-state index in [4.69, 9.17) is 20.2 Å². The van der Waals surface area contributed by atoms with Crippen molar-refractivity contribution >= 4 is 47.7 Å². The van der Waals surface area contributed by atoms with Crippen LogP contribution in [0, 0.1) is 11.8 Å². The number of carbonyl (C=O) groups is 2. The van der Waals surface area contributed by atoms with Gasteiger partial charge in [-0.15, -0.1) is 24.8 Å². The summed E-state index contributed by atoms with van der Waals surface area (Å²) in [4.78, 5) is 32.4. The Labute approximate surface area is 219 Å². The average Bonchev–Trinajstić information content (AvgIpc) is 3.18. The molecular formula is C24H39Cl2N5O4. The number of aromatic nitrogens is 2. The molecule has 3 N–H and O–H groups in total. The van der Waals surface area contributed by atoms with E-state index >= 15 is 0 Å². The maximum atomic E-state index is 14.0. The number of hydrogen-bond acceptors (Lipinski definition) is 6. The fourth-order valence-electron chi connectivity index (χ4n) is 4.49. The zero-order valence-electron chi connectivity index (χ0n) is 21.0. The lowest BCUT2D eigenvalue weighted by atomic mass is 9.93. The zero-order valence-corrected chi connectivity index (χ0v) is 22.6. The number of fused-ring (bicyclic) bond motifs is 1. The van der Waals surface area contributed by atoms with Crippen LogP contribution in [-0.4, -0.2) is 72.8 Å². The monoisotopic (exact) mass is 531 g/mol. The van der Waals surface area contributed by atoms with Gasteiger partial charge < -0.3 is 30.0 Å². The van der Waals surface area contributed by atoms with E-state index in [1.807, 2.05) is 27.7 Å². The number of unbranched alkanes of at least 4 members (excludes halogenated alkanes) is 1. The smallest absolute Gasteiger partial charge is 0.290 e. The molecule has 0 aliphatic carbocycles. The van der Waals surface area contributed by atoms with Crippen molar-refractivity contribution in [1.29, 1.82) is 0 Å². The lowest BCUT2D eigenvalue weighted by Gasteiger charge is -2.38. The van der Waals surface area contributed by atoms with Gasteiger partial charge >= 0.3 is 0 Å². The number of piperidine rings is 1. The van der Waals surface area contributed by atoms with Gasteiger partial charge in [0, 0.05) is 45.9 Å². The molecule has 11 heteroatoms. The number of imidazole rings is 1. The van der Waals surface area contributed by atoms with Gasteiger partial charge in [0.25, 0.3) is 5.91 Å². The molecule has 1 saturated heterocycles. The second-order valence-corrected chi connectivity index (χ2v) is 9.11. The van der Waals surface area contributed by atoms with Crippen LogP contribution in [0.5, 0.6) is 5.75 Å². The molecule has 0 bridgehead atoms. The molecule has 1 aromatic carbocycles. The molecule has 35 heavy (non-hydrogen) atoms. The van der Waals surface area contributed by atoms with Gasteiger partial charge in [0.15, 0.2) is 5.82 Å². The molecular weight excluding hydrogens is 493 g/mol. The molecule has 1 aromatic heterocycles. The van der Waals surface area contributed by atoms with E-state index in [1.165, 1.54) is 0 Å². The molecule has 0 unspecified atom stereocenters. The fourth-order valence-corrected chi connectivity index (χ4v) is 4.49. The number of methoxy groups -OCH3 is 2. The normalized spacial score (nSPS) is 17.5. The maximum absolute atomic E-state index is 14.0. The summed E-state index contributed by atoms with van der Waals surface area (Å²) in [5.74, 6) is 0.538. The number of para-hydroxylation sites is 1. The van der Waals surface area contributed by atoms with E-state index in [9.17, 15) is 9.59 Å². The van der Waals surface area contributed by atoms with Crippen LogP contribution in [0.1, 0.15) is 43.7 Å². The molecule has 3 rings (SSSR count). The molecule has 2 amide bonds. The first-order valence-corrected chi connectivity index (χ1v) is 11.7. The number of hydrogen-bond donors (Lipinski definition) is 2. The first-order chi connectivity index (χ1) is 15.9. The number of carbonyl (C=O) groups excluding carboxylic acids is 2. The lowest BCUT2D eigenvalue weighted by Crippen LogP contribution is -2.54. The van der Waals surface area contributed by atoms with Gasteiger partial charge in [-0.3, -0.25) is 9.59 Å².